The van der Waals surface area contributed by atoms with Gasteiger partial charge >= 0.3 is 0 Å². The highest BCUT2D eigenvalue weighted by molar-refractivity contribution is 6.38. The molecule has 2 aromatic carbocycles. The third-order valence-corrected chi connectivity index (χ3v) is 9.70. The van der Waals surface area contributed by atoms with Gasteiger partial charge in [0.1, 0.15) is 12.1 Å². The molecule has 11 heteroatoms. The summed E-state index contributed by atoms with van der Waals surface area (Å²) in [5.74, 6) is -3.69. The normalized spacial score (nSPS) is 18.0. The lowest BCUT2D eigenvalue weighted by atomic mass is 9.83. The third kappa shape index (κ3) is 11.0. The number of amides is 5. The van der Waals surface area contributed by atoms with Crippen LogP contribution in [-0.4, -0.2) is 71.9 Å². The Balaban J connectivity index is 1.48. The number of nitrogens with one attached hydrogen (secondary N) is 4. The maximum absolute atomic E-state index is 14.2. The number of ketones is 1. The van der Waals surface area contributed by atoms with Crippen LogP contribution in [0.2, 0.25) is 0 Å². The summed E-state index contributed by atoms with van der Waals surface area (Å²) in [6.45, 7) is 2.48. The maximum Gasteiger partial charge on any atom is 0.289 e. The van der Waals surface area contributed by atoms with Crippen molar-refractivity contribution in [2.75, 3.05) is 13.6 Å². The van der Waals surface area contributed by atoms with Crippen molar-refractivity contribution in [1.82, 2.24) is 26.2 Å². The van der Waals surface area contributed by atoms with E-state index in [-0.39, 0.29) is 43.0 Å². The molecule has 2 fully saturated rings. The summed E-state index contributed by atoms with van der Waals surface area (Å²) in [5, 5.41) is 11.1. The first-order chi connectivity index (χ1) is 23.7. The zero-order valence-corrected chi connectivity index (χ0v) is 28.7. The van der Waals surface area contributed by atoms with Gasteiger partial charge < -0.3 is 26.2 Å². The molecular weight excluding hydrogens is 622 g/mol. The second-order valence-electron chi connectivity index (χ2n) is 13.3. The minimum absolute atomic E-state index is 0.0339. The smallest absolute Gasteiger partial charge is 0.289 e. The van der Waals surface area contributed by atoms with Crippen LogP contribution >= 0.6 is 0 Å². The number of hydrogen-bond donors (Lipinski definition) is 4. The first kappa shape index (κ1) is 37.3. The highest BCUT2D eigenvalue weighted by Gasteiger charge is 2.39. The third-order valence-electron chi connectivity index (χ3n) is 9.70. The summed E-state index contributed by atoms with van der Waals surface area (Å²) in [6.07, 6.45) is 6.68. The highest BCUT2D eigenvalue weighted by atomic mass is 16.2. The van der Waals surface area contributed by atoms with Crippen LogP contribution in [0.15, 0.2) is 60.7 Å². The van der Waals surface area contributed by atoms with E-state index in [1.807, 2.05) is 67.6 Å². The molecule has 264 valence electrons. The number of nitrogens with zero attached hydrogens (tertiary/aromatic N) is 1. The first-order valence-corrected chi connectivity index (χ1v) is 17.7. The molecule has 1 saturated carbocycles. The lowest BCUT2D eigenvalue weighted by molar-refractivity contribution is -0.145. The van der Waals surface area contributed by atoms with E-state index in [9.17, 15) is 28.8 Å². The lowest BCUT2D eigenvalue weighted by Crippen LogP contribution is -2.58. The van der Waals surface area contributed by atoms with Crippen LogP contribution in [0.5, 0.6) is 0 Å². The first-order valence-electron chi connectivity index (χ1n) is 17.7. The largest absolute Gasteiger partial charge is 0.356 e. The molecule has 49 heavy (non-hydrogen) atoms. The van der Waals surface area contributed by atoms with Crippen molar-refractivity contribution in [3.05, 3.63) is 71.8 Å². The SMILES string of the molecule is CCC[C@@H](C(=O)N[C@@H](C[C@@H]1CCNC1=O)C(=O)C(=O)NCc1ccccc1)N(C)C(=O)[C@H](NC(=O)CCc1ccccc1)C1CCCCC1. The minimum Gasteiger partial charge on any atom is -0.356 e. The van der Waals surface area contributed by atoms with Gasteiger partial charge in [0.2, 0.25) is 29.4 Å². The van der Waals surface area contributed by atoms with Crippen molar-refractivity contribution in [2.24, 2.45) is 11.8 Å². The van der Waals surface area contributed by atoms with Crippen LogP contribution in [-0.2, 0) is 41.7 Å². The van der Waals surface area contributed by atoms with Crippen molar-refractivity contribution < 1.29 is 28.8 Å². The van der Waals surface area contributed by atoms with Gasteiger partial charge in [0.05, 0.1) is 6.04 Å². The van der Waals surface area contributed by atoms with Crippen molar-refractivity contribution in [1.29, 1.82) is 0 Å². The Morgan fingerprint density at radius 1 is 0.878 bits per heavy atom. The molecule has 1 aliphatic heterocycles. The lowest BCUT2D eigenvalue weighted by Gasteiger charge is -2.36. The average molecular weight is 674 g/mol. The van der Waals surface area contributed by atoms with E-state index in [2.05, 4.69) is 21.3 Å². The Morgan fingerprint density at radius 3 is 2.14 bits per heavy atom. The Kier molecular flexibility index (Phi) is 14.3. The molecule has 1 saturated heterocycles. The molecule has 1 heterocycles. The number of rotatable bonds is 17. The minimum atomic E-state index is -1.26. The molecule has 0 unspecified atom stereocenters. The predicted octanol–water partition coefficient (Wildman–Crippen LogP) is 3.21. The molecule has 2 aromatic rings. The van der Waals surface area contributed by atoms with E-state index in [1.54, 1.807) is 7.05 Å². The van der Waals surface area contributed by atoms with Gasteiger partial charge in [-0.15, -0.1) is 0 Å². The van der Waals surface area contributed by atoms with Gasteiger partial charge in [0.25, 0.3) is 5.91 Å². The number of benzene rings is 2. The van der Waals surface area contributed by atoms with Gasteiger partial charge in [0, 0.05) is 32.5 Å². The molecular formula is C38H51N5O6. The molecule has 5 amide bonds. The summed E-state index contributed by atoms with van der Waals surface area (Å²) >= 11 is 0. The molecule has 1 aliphatic carbocycles. The van der Waals surface area contributed by atoms with Crippen LogP contribution in [0.1, 0.15) is 82.3 Å². The van der Waals surface area contributed by atoms with Gasteiger partial charge in [0.15, 0.2) is 0 Å². The zero-order chi connectivity index (χ0) is 35.2. The Hall–Kier alpha value is -4.54. The fraction of sp³-hybridized carbons (Fsp3) is 0.526. The molecule has 0 aromatic heterocycles. The van der Waals surface area contributed by atoms with Crippen molar-refractivity contribution in [3.63, 3.8) is 0 Å². The monoisotopic (exact) mass is 673 g/mol. The fourth-order valence-electron chi connectivity index (χ4n) is 6.82. The van der Waals surface area contributed by atoms with Crippen molar-refractivity contribution in [3.8, 4) is 0 Å². The summed E-state index contributed by atoms with van der Waals surface area (Å²) in [5.41, 5.74) is 1.84. The molecule has 2 aliphatic rings. The van der Waals surface area contributed by atoms with Gasteiger partial charge in [-0.1, -0.05) is 93.3 Å². The van der Waals surface area contributed by atoms with Gasteiger partial charge in [-0.05, 0) is 55.6 Å². The Bertz CT molecular complexity index is 1430. The highest BCUT2D eigenvalue weighted by Crippen LogP contribution is 2.28. The maximum atomic E-state index is 14.2. The zero-order valence-electron chi connectivity index (χ0n) is 28.7. The van der Waals surface area contributed by atoms with Gasteiger partial charge in [-0.3, -0.25) is 28.8 Å². The van der Waals surface area contributed by atoms with E-state index in [1.165, 1.54) is 4.90 Å². The van der Waals surface area contributed by atoms with Crippen LogP contribution in [0, 0.1) is 11.8 Å². The number of carbonyl (C=O) groups is 6. The van der Waals surface area contributed by atoms with Gasteiger partial charge in [-0.25, -0.2) is 0 Å². The van der Waals surface area contributed by atoms with Crippen LogP contribution in [0.25, 0.3) is 0 Å². The van der Waals surface area contributed by atoms with E-state index >= 15 is 0 Å². The summed E-state index contributed by atoms with van der Waals surface area (Å²) < 4.78 is 0. The number of aryl methyl sites for hydroxylation is 1. The quantitative estimate of drug-likeness (QED) is 0.189. The summed E-state index contributed by atoms with van der Waals surface area (Å²) in [6, 6.07) is 15.8. The van der Waals surface area contributed by atoms with E-state index < -0.39 is 41.6 Å². The van der Waals surface area contributed by atoms with Gasteiger partial charge in [-0.2, -0.15) is 0 Å². The second kappa shape index (κ2) is 18.9. The summed E-state index contributed by atoms with van der Waals surface area (Å²) in [7, 11) is 1.56. The Morgan fingerprint density at radius 2 is 1.53 bits per heavy atom. The summed E-state index contributed by atoms with van der Waals surface area (Å²) in [4.78, 5) is 81.7. The molecule has 4 rings (SSSR count). The number of hydrogen-bond acceptors (Lipinski definition) is 6. The van der Waals surface area contributed by atoms with E-state index in [0.29, 0.717) is 32.2 Å². The molecule has 4 atom stereocenters. The Labute approximate surface area is 289 Å². The van der Waals surface area contributed by atoms with Crippen molar-refractivity contribution >= 4 is 35.3 Å². The molecule has 0 spiro atoms. The standard InChI is InChI=1S/C38H51N5O6/c1-3-13-31(43(2)38(49)33(28-18-11-6-12-19-28)42-32(44)21-20-26-14-7-4-8-15-26)36(47)41-30(24-29-22-23-39-35(29)46)34(45)37(48)40-25-27-16-9-5-10-17-27/h4-5,7-10,14-17,28-31,33H,3,6,11-13,18-25H2,1-2H3,(H,39,46)(H,40,48)(H,41,47)(H,42,44)/t29-,30-,31-,33+/m0/s1. The van der Waals surface area contributed by atoms with Crippen LogP contribution in [0.4, 0.5) is 0 Å². The fourth-order valence-corrected chi connectivity index (χ4v) is 6.82. The van der Waals surface area contributed by atoms with Crippen LogP contribution in [0.3, 0.4) is 0 Å². The van der Waals surface area contributed by atoms with E-state index in [4.69, 9.17) is 0 Å². The number of likely N-dealkylation sites (N-methyl/N-ethyl adjacent to an activating group) is 1. The molecule has 0 radical (unpaired) electrons. The number of Topliss-reactive ketones (excluding diaryl/α,β-unsaturated/α-hetero) is 1. The van der Waals surface area contributed by atoms with Crippen LogP contribution < -0.4 is 21.3 Å². The predicted molar refractivity (Wildman–Crippen MR) is 186 cm³/mol. The average Bonchev–Trinajstić information content (AvgIpc) is 3.54. The molecule has 11 nitrogen and oxygen atoms in total. The second-order valence-corrected chi connectivity index (χ2v) is 13.3. The number of carbonyl (C=O) groups excluding carboxylic acids is 6. The molecule has 4 N–H and O–H groups in total. The van der Waals surface area contributed by atoms with Crippen molar-refractivity contribution in [2.45, 2.75) is 102 Å². The van der Waals surface area contributed by atoms with E-state index in [0.717, 1.165) is 43.2 Å². The molecule has 0 bridgehead atoms. The topological polar surface area (TPSA) is 154 Å².